The van der Waals surface area contributed by atoms with Crippen molar-refractivity contribution in [3.8, 4) is 11.5 Å². The first-order valence-corrected chi connectivity index (χ1v) is 10.6. The number of aryl methyl sites for hydroxylation is 3. The Hall–Kier alpha value is -3.93. The molecule has 0 unspecified atom stereocenters. The van der Waals surface area contributed by atoms with E-state index in [0.717, 1.165) is 16.6 Å². The summed E-state index contributed by atoms with van der Waals surface area (Å²) in [6.45, 7) is 4.37. The van der Waals surface area contributed by atoms with Gasteiger partial charge in [-0.25, -0.2) is 4.98 Å². The van der Waals surface area contributed by atoms with Crippen molar-refractivity contribution >= 4 is 22.5 Å². The second kappa shape index (κ2) is 9.47. The van der Waals surface area contributed by atoms with Crippen LogP contribution in [0.3, 0.4) is 0 Å². The van der Waals surface area contributed by atoms with Crippen LogP contribution in [0.1, 0.15) is 24.0 Å². The van der Waals surface area contributed by atoms with Crippen LogP contribution >= 0.6 is 0 Å². The third-order valence-electron chi connectivity index (χ3n) is 5.27. The van der Waals surface area contributed by atoms with Crippen molar-refractivity contribution in [3.05, 3.63) is 94.5 Å². The smallest absolute Gasteiger partial charge is 0.261 e. The number of nitrogens with one attached hydrogen (secondary N) is 1. The predicted octanol–water partition coefficient (Wildman–Crippen LogP) is 5.22. The number of hydrogen-bond donors (Lipinski definition) is 1. The Morgan fingerprint density at radius 2 is 1.78 bits per heavy atom. The van der Waals surface area contributed by atoms with Crippen LogP contribution in [0.15, 0.2) is 77.9 Å². The number of anilines is 1. The van der Waals surface area contributed by atoms with Gasteiger partial charge in [-0.15, -0.1) is 0 Å². The number of fused-ring (bicyclic) bond motifs is 1. The molecule has 162 valence electrons. The first kappa shape index (κ1) is 21.3. The number of carbonyl (C=O) groups excluding carboxylic acids is 1. The number of nitrogens with zero attached hydrogens (tertiary/aromatic N) is 2. The van der Waals surface area contributed by atoms with Gasteiger partial charge in [0.05, 0.1) is 22.9 Å². The van der Waals surface area contributed by atoms with Crippen molar-refractivity contribution in [1.29, 1.82) is 0 Å². The lowest BCUT2D eigenvalue weighted by Gasteiger charge is -2.12. The minimum Gasteiger partial charge on any atom is -0.455 e. The van der Waals surface area contributed by atoms with Gasteiger partial charge in [-0.05, 0) is 56.2 Å². The Kier molecular flexibility index (Phi) is 6.31. The molecule has 6 heteroatoms. The summed E-state index contributed by atoms with van der Waals surface area (Å²) in [5.41, 5.74) is 3.36. The fourth-order valence-electron chi connectivity index (χ4n) is 3.51. The normalized spacial score (nSPS) is 10.8. The van der Waals surface area contributed by atoms with E-state index in [1.807, 2.05) is 74.5 Å². The van der Waals surface area contributed by atoms with Gasteiger partial charge in [0.25, 0.3) is 5.56 Å². The SMILES string of the molecule is Cc1ccc(Oc2ccccc2NC(=O)CCCn2cnc3c(C)cccc3c2=O)cc1. The van der Waals surface area contributed by atoms with Crippen LogP contribution < -0.4 is 15.6 Å². The number of amides is 1. The van der Waals surface area contributed by atoms with E-state index < -0.39 is 0 Å². The van der Waals surface area contributed by atoms with Crippen molar-refractivity contribution < 1.29 is 9.53 Å². The molecule has 0 bridgehead atoms. The maximum Gasteiger partial charge on any atom is 0.261 e. The van der Waals surface area contributed by atoms with Crippen LogP contribution in [0.4, 0.5) is 5.69 Å². The summed E-state index contributed by atoms with van der Waals surface area (Å²) in [5, 5.41) is 3.51. The average molecular weight is 428 g/mol. The quantitative estimate of drug-likeness (QED) is 0.439. The number of benzene rings is 3. The summed E-state index contributed by atoms with van der Waals surface area (Å²) < 4.78 is 7.50. The van der Waals surface area contributed by atoms with Crippen molar-refractivity contribution in [2.75, 3.05) is 5.32 Å². The fraction of sp³-hybridized carbons (Fsp3) is 0.192. The molecule has 1 aromatic heterocycles. The monoisotopic (exact) mass is 427 g/mol. The van der Waals surface area contributed by atoms with E-state index in [1.165, 1.54) is 0 Å². The van der Waals surface area contributed by atoms with E-state index in [0.29, 0.717) is 35.5 Å². The molecule has 0 fully saturated rings. The summed E-state index contributed by atoms with van der Waals surface area (Å²) in [5.74, 6) is 1.15. The molecule has 1 heterocycles. The highest BCUT2D eigenvalue weighted by Crippen LogP contribution is 2.29. The van der Waals surface area contributed by atoms with E-state index in [1.54, 1.807) is 17.0 Å². The molecule has 1 N–H and O–H groups in total. The van der Waals surface area contributed by atoms with Gasteiger partial charge in [-0.3, -0.25) is 14.2 Å². The Balaban J connectivity index is 1.38. The number of aromatic nitrogens is 2. The van der Waals surface area contributed by atoms with E-state index in [2.05, 4.69) is 10.3 Å². The summed E-state index contributed by atoms with van der Waals surface area (Å²) in [6, 6.07) is 20.6. The standard InChI is InChI=1S/C26H25N3O3/c1-18-12-14-20(15-13-18)32-23-10-4-3-9-22(23)28-24(30)11-6-16-29-17-27-25-19(2)7-5-8-21(25)26(29)31/h3-5,7-10,12-15,17H,6,11,16H2,1-2H3,(H,28,30). The van der Waals surface area contributed by atoms with Gasteiger partial charge in [-0.1, -0.05) is 42.0 Å². The molecule has 1 amide bonds. The number of ether oxygens (including phenoxy) is 1. The Labute approximate surface area is 186 Å². The number of para-hydroxylation sites is 3. The molecule has 0 saturated heterocycles. The van der Waals surface area contributed by atoms with Gasteiger partial charge in [0.15, 0.2) is 5.75 Å². The molecule has 4 aromatic rings. The maximum absolute atomic E-state index is 12.7. The minimum absolute atomic E-state index is 0.0871. The van der Waals surface area contributed by atoms with Crippen molar-refractivity contribution in [2.45, 2.75) is 33.2 Å². The summed E-state index contributed by atoms with van der Waals surface area (Å²) in [4.78, 5) is 29.6. The van der Waals surface area contributed by atoms with Crippen molar-refractivity contribution in [1.82, 2.24) is 9.55 Å². The topological polar surface area (TPSA) is 73.2 Å². The third kappa shape index (κ3) is 4.86. The van der Waals surface area contributed by atoms with E-state index >= 15 is 0 Å². The van der Waals surface area contributed by atoms with E-state index in [9.17, 15) is 9.59 Å². The zero-order valence-electron chi connectivity index (χ0n) is 18.2. The third-order valence-corrected chi connectivity index (χ3v) is 5.27. The molecule has 4 rings (SSSR count). The largest absolute Gasteiger partial charge is 0.455 e. The second-order valence-electron chi connectivity index (χ2n) is 7.78. The molecular weight excluding hydrogens is 402 g/mol. The first-order valence-electron chi connectivity index (χ1n) is 10.6. The Bertz CT molecular complexity index is 1310. The molecule has 0 aliphatic rings. The highest BCUT2D eigenvalue weighted by Gasteiger charge is 2.10. The number of rotatable bonds is 7. The molecule has 0 spiro atoms. The average Bonchev–Trinajstić information content (AvgIpc) is 2.79. The van der Waals surface area contributed by atoms with Crippen LogP contribution in [-0.2, 0) is 11.3 Å². The molecule has 32 heavy (non-hydrogen) atoms. The summed E-state index contributed by atoms with van der Waals surface area (Å²) in [7, 11) is 0. The molecule has 0 aliphatic heterocycles. The van der Waals surface area contributed by atoms with Gasteiger partial charge in [0.2, 0.25) is 5.91 Å². The van der Waals surface area contributed by atoms with E-state index in [-0.39, 0.29) is 17.9 Å². The Morgan fingerprint density at radius 3 is 2.59 bits per heavy atom. The van der Waals surface area contributed by atoms with Crippen molar-refractivity contribution in [2.24, 2.45) is 0 Å². The molecule has 6 nitrogen and oxygen atoms in total. The molecule has 0 atom stereocenters. The van der Waals surface area contributed by atoms with Gasteiger partial charge in [0.1, 0.15) is 5.75 Å². The second-order valence-corrected chi connectivity index (χ2v) is 7.78. The van der Waals surface area contributed by atoms with Crippen LogP contribution in [-0.4, -0.2) is 15.5 Å². The number of carbonyl (C=O) groups is 1. The first-order chi connectivity index (χ1) is 15.5. The zero-order chi connectivity index (χ0) is 22.5. The maximum atomic E-state index is 12.7. The molecule has 0 radical (unpaired) electrons. The van der Waals surface area contributed by atoms with Crippen LogP contribution in [0.2, 0.25) is 0 Å². The fourth-order valence-corrected chi connectivity index (χ4v) is 3.51. The molecule has 3 aromatic carbocycles. The van der Waals surface area contributed by atoms with E-state index in [4.69, 9.17) is 4.74 Å². The predicted molar refractivity (Wildman–Crippen MR) is 126 cm³/mol. The molecule has 0 aliphatic carbocycles. The van der Waals surface area contributed by atoms with Gasteiger partial charge in [-0.2, -0.15) is 0 Å². The number of hydrogen-bond acceptors (Lipinski definition) is 4. The van der Waals surface area contributed by atoms with Gasteiger partial charge < -0.3 is 10.1 Å². The van der Waals surface area contributed by atoms with Crippen LogP contribution in [0, 0.1) is 13.8 Å². The zero-order valence-corrected chi connectivity index (χ0v) is 18.2. The Morgan fingerprint density at radius 1 is 1.00 bits per heavy atom. The van der Waals surface area contributed by atoms with Crippen molar-refractivity contribution in [3.63, 3.8) is 0 Å². The highest BCUT2D eigenvalue weighted by atomic mass is 16.5. The van der Waals surface area contributed by atoms with Gasteiger partial charge in [0, 0.05) is 13.0 Å². The minimum atomic E-state index is -0.136. The molecular formula is C26H25N3O3. The summed E-state index contributed by atoms with van der Waals surface area (Å²) >= 11 is 0. The highest BCUT2D eigenvalue weighted by molar-refractivity contribution is 5.92. The van der Waals surface area contributed by atoms with Crippen LogP contribution in [0.25, 0.3) is 10.9 Å². The lowest BCUT2D eigenvalue weighted by molar-refractivity contribution is -0.116. The molecule has 0 saturated carbocycles. The summed E-state index contributed by atoms with van der Waals surface area (Å²) in [6.07, 6.45) is 2.35. The van der Waals surface area contributed by atoms with Gasteiger partial charge >= 0.3 is 0 Å². The van der Waals surface area contributed by atoms with Crippen LogP contribution in [0.5, 0.6) is 11.5 Å². The lowest BCUT2D eigenvalue weighted by atomic mass is 10.1. The lowest BCUT2D eigenvalue weighted by Crippen LogP contribution is -2.22.